The summed E-state index contributed by atoms with van der Waals surface area (Å²) in [4.78, 5) is 22.8. The molecule has 1 aromatic carbocycles. The van der Waals surface area contributed by atoms with Crippen molar-refractivity contribution in [2.75, 3.05) is 0 Å². The molecule has 0 aromatic heterocycles. The SMILES string of the molecule is Cc1cc(/C=C/C(=O)O)cc(C(=O)NC(C)CC(C)C)c1. The maximum atomic E-state index is 12.2. The first kappa shape index (κ1) is 17.0. The van der Waals surface area contributed by atoms with Crippen LogP contribution in [0.5, 0.6) is 0 Å². The molecule has 1 amide bonds. The van der Waals surface area contributed by atoms with Gasteiger partial charge in [0.15, 0.2) is 0 Å². The maximum absolute atomic E-state index is 12.2. The first-order valence-corrected chi connectivity index (χ1v) is 7.11. The van der Waals surface area contributed by atoms with Crippen LogP contribution in [0.25, 0.3) is 6.08 Å². The van der Waals surface area contributed by atoms with Crippen LogP contribution in [0.2, 0.25) is 0 Å². The fourth-order valence-electron chi connectivity index (χ4n) is 2.28. The van der Waals surface area contributed by atoms with Gasteiger partial charge in [-0.2, -0.15) is 0 Å². The third-order valence-electron chi connectivity index (χ3n) is 2.98. The van der Waals surface area contributed by atoms with E-state index in [0.717, 1.165) is 18.1 Å². The summed E-state index contributed by atoms with van der Waals surface area (Å²) in [6, 6.07) is 5.45. The van der Waals surface area contributed by atoms with Gasteiger partial charge in [0.05, 0.1) is 0 Å². The lowest BCUT2D eigenvalue weighted by Crippen LogP contribution is -2.33. The Morgan fingerprint density at radius 1 is 1.24 bits per heavy atom. The number of nitrogens with one attached hydrogen (secondary N) is 1. The van der Waals surface area contributed by atoms with Gasteiger partial charge in [0.1, 0.15) is 0 Å². The molecule has 1 unspecified atom stereocenters. The van der Waals surface area contributed by atoms with E-state index in [4.69, 9.17) is 5.11 Å². The zero-order chi connectivity index (χ0) is 16.0. The topological polar surface area (TPSA) is 66.4 Å². The van der Waals surface area contributed by atoms with Gasteiger partial charge in [-0.1, -0.05) is 19.9 Å². The molecule has 1 aromatic rings. The van der Waals surface area contributed by atoms with E-state index in [1.807, 2.05) is 19.9 Å². The van der Waals surface area contributed by atoms with Gasteiger partial charge in [0.2, 0.25) is 0 Å². The highest BCUT2D eigenvalue weighted by Gasteiger charge is 2.11. The van der Waals surface area contributed by atoms with Crippen molar-refractivity contribution in [2.45, 2.75) is 40.2 Å². The Morgan fingerprint density at radius 2 is 1.90 bits per heavy atom. The van der Waals surface area contributed by atoms with Gasteiger partial charge >= 0.3 is 5.97 Å². The summed E-state index contributed by atoms with van der Waals surface area (Å²) in [7, 11) is 0. The van der Waals surface area contributed by atoms with E-state index in [0.29, 0.717) is 17.0 Å². The molecule has 0 aliphatic carbocycles. The van der Waals surface area contributed by atoms with Crippen LogP contribution in [-0.4, -0.2) is 23.0 Å². The lowest BCUT2D eigenvalue weighted by Gasteiger charge is -2.16. The third-order valence-corrected chi connectivity index (χ3v) is 2.98. The molecular weight excluding hydrogens is 266 g/mol. The number of carbonyl (C=O) groups excluding carboxylic acids is 1. The Morgan fingerprint density at radius 3 is 2.48 bits per heavy atom. The molecule has 0 heterocycles. The zero-order valence-corrected chi connectivity index (χ0v) is 13.0. The second kappa shape index (κ2) is 7.62. The molecule has 2 N–H and O–H groups in total. The fourth-order valence-corrected chi connectivity index (χ4v) is 2.28. The first-order valence-electron chi connectivity index (χ1n) is 7.11. The molecule has 0 aliphatic rings. The van der Waals surface area contributed by atoms with Gasteiger partial charge in [-0.3, -0.25) is 4.79 Å². The smallest absolute Gasteiger partial charge is 0.328 e. The van der Waals surface area contributed by atoms with Crippen molar-refractivity contribution in [3.8, 4) is 0 Å². The van der Waals surface area contributed by atoms with E-state index >= 15 is 0 Å². The van der Waals surface area contributed by atoms with Crippen molar-refractivity contribution >= 4 is 18.0 Å². The Kier molecular flexibility index (Phi) is 6.15. The molecule has 0 spiro atoms. The van der Waals surface area contributed by atoms with Crippen LogP contribution in [0.4, 0.5) is 0 Å². The number of rotatable bonds is 6. The molecule has 0 fully saturated rings. The molecule has 0 aliphatic heterocycles. The summed E-state index contributed by atoms with van der Waals surface area (Å²) in [6.07, 6.45) is 3.48. The number of benzene rings is 1. The highest BCUT2D eigenvalue weighted by molar-refractivity contribution is 5.95. The van der Waals surface area contributed by atoms with Crippen LogP contribution in [0.15, 0.2) is 24.3 Å². The van der Waals surface area contributed by atoms with Gasteiger partial charge in [0, 0.05) is 17.7 Å². The first-order chi connectivity index (χ1) is 9.77. The molecule has 4 nitrogen and oxygen atoms in total. The number of carbonyl (C=O) groups is 2. The third kappa shape index (κ3) is 6.25. The molecular formula is C17H23NO3. The van der Waals surface area contributed by atoms with Crippen LogP contribution >= 0.6 is 0 Å². The van der Waals surface area contributed by atoms with Gasteiger partial charge in [-0.15, -0.1) is 0 Å². The second-order valence-corrected chi connectivity index (χ2v) is 5.81. The molecule has 1 rings (SSSR count). The average molecular weight is 289 g/mol. The van der Waals surface area contributed by atoms with Gasteiger partial charge in [0.25, 0.3) is 5.91 Å². The maximum Gasteiger partial charge on any atom is 0.328 e. The van der Waals surface area contributed by atoms with Crippen molar-refractivity contribution in [1.29, 1.82) is 0 Å². The van der Waals surface area contributed by atoms with Crippen LogP contribution in [0.1, 0.15) is 48.7 Å². The van der Waals surface area contributed by atoms with Crippen molar-refractivity contribution in [1.82, 2.24) is 5.32 Å². The standard InChI is InChI=1S/C17H23NO3/c1-11(2)7-13(4)18-17(21)15-9-12(3)8-14(10-15)5-6-16(19)20/h5-6,8-11,13H,7H2,1-4H3,(H,18,21)(H,19,20)/b6-5+. The zero-order valence-electron chi connectivity index (χ0n) is 13.0. The number of carboxylic acid groups (broad SMARTS) is 1. The minimum Gasteiger partial charge on any atom is -0.478 e. The van der Waals surface area contributed by atoms with Gasteiger partial charge in [-0.05, 0) is 55.5 Å². The monoisotopic (exact) mass is 289 g/mol. The summed E-state index contributed by atoms with van der Waals surface area (Å²) in [5, 5.41) is 11.6. The number of aryl methyl sites for hydroxylation is 1. The quantitative estimate of drug-likeness (QED) is 0.790. The van der Waals surface area contributed by atoms with Crippen LogP contribution < -0.4 is 5.32 Å². The van der Waals surface area contributed by atoms with E-state index < -0.39 is 5.97 Å². The molecule has 0 radical (unpaired) electrons. The predicted molar refractivity (Wildman–Crippen MR) is 84.2 cm³/mol. The molecule has 1 atom stereocenters. The minimum atomic E-state index is -1.01. The average Bonchev–Trinajstić information content (AvgIpc) is 2.34. The lowest BCUT2D eigenvalue weighted by molar-refractivity contribution is -0.131. The molecule has 0 saturated heterocycles. The highest BCUT2D eigenvalue weighted by atomic mass is 16.4. The molecule has 114 valence electrons. The molecule has 4 heteroatoms. The van der Waals surface area contributed by atoms with E-state index in [1.54, 1.807) is 12.1 Å². The normalized spacial score (nSPS) is 12.6. The van der Waals surface area contributed by atoms with Crippen molar-refractivity contribution < 1.29 is 14.7 Å². The number of aliphatic carboxylic acids is 1. The lowest BCUT2D eigenvalue weighted by atomic mass is 10.0. The van der Waals surface area contributed by atoms with Crippen LogP contribution in [0.3, 0.4) is 0 Å². The van der Waals surface area contributed by atoms with E-state index in [1.165, 1.54) is 6.08 Å². The van der Waals surface area contributed by atoms with E-state index in [9.17, 15) is 9.59 Å². The van der Waals surface area contributed by atoms with E-state index in [-0.39, 0.29) is 11.9 Å². The van der Waals surface area contributed by atoms with E-state index in [2.05, 4.69) is 19.2 Å². The second-order valence-electron chi connectivity index (χ2n) is 5.81. The Balaban J connectivity index is 2.87. The fraction of sp³-hybridized carbons (Fsp3) is 0.412. The van der Waals surface area contributed by atoms with Gasteiger partial charge in [-0.25, -0.2) is 4.79 Å². The van der Waals surface area contributed by atoms with Crippen LogP contribution in [-0.2, 0) is 4.79 Å². The van der Waals surface area contributed by atoms with Gasteiger partial charge < -0.3 is 10.4 Å². The number of amides is 1. The highest BCUT2D eigenvalue weighted by Crippen LogP contribution is 2.12. The van der Waals surface area contributed by atoms with Crippen molar-refractivity contribution in [3.05, 3.63) is 41.0 Å². The molecule has 0 saturated carbocycles. The summed E-state index contributed by atoms with van der Waals surface area (Å²) >= 11 is 0. The number of hydrogen-bond acceptors (Lipinski definition) is 2. The summed E-state index contributed by atoms with van der Waals surface area (Å²) in [5.74, 6) is -0.614. The number of carboxylic acids is 1. The molecule has 0 bridgehead atoms. The Bertz CT molecular complexity index is 547. The van der Waals surface area contributed by atoms with Crippen LogP contribution in [0, 0.1) is 12.8 Å². The number of hydrogen-bond donors (Lipinski definition) is 2. The Labute approximate surface area is 125 Å². The largest absolute Gasteiger partial charge is 0.478 e. The summed E-state index contributed by atoms with van der Waals surface area (Å²) < 4.78 is 0. The minimum absolute atomic E-state index is 0.107. The predicted octanol–water partition coefficient (Wildman–Crippen LogP) is 3.26. The summed E-state index contributed by atoms with van der Waals surface area (Å²) in [5.41, 5.74) is 2.18. The van der Waals surface area contributed by atoms with Crippen molar-refractivity contribution in [2.24, 2.45) is 5.92 Å². The Hall–Kier alpha value is -2.10. The molecule has 21 heavy (non-hydrogen) atoms. The summed E-state index contributed by atoms with van der Waals surface area (Å²) in [6.45, 7) is 8.10. The van der Waals surface area contributed by atoms with Crippen molar-refractivity contribution in [3.63, 3.8) is 0 Å².